The number of anilines is 4. The fourth-order valence-corrected chi connectivity index (χ4v) is 13.6. The average molecular weight is 1340 g/mol. The molecule has 89 heavy (non-hydrogen) atoms. The number of halogens is 4. The molecule has 12 amide bonds. The Balaban J connectivity index is 0.000000281. The number of urea groups is 4. The maximum atomic E-state index is 14.6. The highest BCUT2D eigenvalue weighted by Crippen LogP contribution is 2.51. The van der Waals surface area contributed by atoms with Crippen LogP contribution >= 0.6 is 46.4 Å². The predicted molar refractivity (Wildman–Crippen MR) is 338 cm³/mol. The van der Waals surface area contributed by atoms with E-state index in [0.29, 0.717) is 46.2 Å². The molecule has 31 heteroatoms. The van der Waals surface area contributed by atoms with E-state index in [1.807, 2.05) is 27.7 Å². The van der Waals surface area contributed by atoms with E-state index in [9.17, 15) is 55.2 Å². The maximum absolute atomic E-state index is 14.6. The summed E-state index contributed by atoms with van der Waals surface area (Å²) in [6.07, 6.45) is 0. The lowest BCUT2D eigenvalue weighted by molar-refractivity contribution is -0.122. The third-order valence-electron chi connectivity index (χ3n) is 14.2. The van der Waals surface area contributed by atoms with E-state index in [1.165, 1.54) is 123 Å². The van der Waals surface area contributed by atoms with Crippen LogP contribution in [0.1, 0.15) is 49.9 Å². The van der Waals surface area contributed by atoms with Crippen LogP contribution in [0.25, 0.3) is 0 Å². The quantitative estimate of drug-likeness (QED) is 0.0501. The number of nitrogens with zero attached hydrogens (tertiary/aromatic N) is 6. The summed E-state index contributed by atoms with van der Waals surface area (Å²) in [5.41, 5.74) is 6.94. The van der Waals surface area contributed by atoms with E-state index in [-0.39, 0.29) is 81.0 Å². The summed E-state index contributed by atoms with van der Waals surface area (Å²) >= 11 is 25.8. The van der Waals surface area contributed by atoms with Gasteiger partial charge in [0.1, 0.15) is 13.1 Å². The first-order chi connectivity index (χ1) is 41.5. The Morgan fingerprint density at radius 2 is 0.787 bits per heavy atom. The minimum atomic E-state index is -4.62. The highest BCUT2D eigenvalue weighted by atomic mass is 35.5. The SMILES string of the molecule is CCN(CC)C(=O)Nc1ccc(S(=O)(=O)N2C(=O)C(NC(=O)N(C)CC(N)=O)(c3ccccc3Cl)c3cc(Cl)ccc32)cc1.CCN(CC)C(=O)Nc1ccc(S(=O)(=O)N2C(=O)C(NC(=O)N(C)CC(N)=O)(c3ccccc3Cl)c3cc(Cl)ccc32)cc1.O. The van der Waals surface area contributed by atoms with Gasteiger partial charge in [0.25, 0.3) is 31.9 Å². The van der Waals surface area contributed by atoms with Crippen molar-refractivity contribution in [2.75, 3.05) is 72.6 Å². The third-order valence-corrected chi connectivity index (χ3v) is 18.7. The van der Waals surface area contributed by atoms with Gasteiger partial charge in [-0.25, -0.2) is 36.0 Å². The topological polar surface area (TPSA) is 356 Å². The van der Waals surface area contributed by atoms with Gasteiger partial charge in [-0.2, -0.15) is 8.61 Å². The molecule has 0 fully saturated rings. The number of rotatable bonds is 18. The first-order valence-electron chi connectivity index (χ1n) is 26.8. The summed E-state index contributed by atoms with van der Waals surface area (Å²) < 4.78 is 57.8. The largest absolute Gasteiger partial charge is 0.412 e. The molecular formula is C58H62Cl4N12O13S2. The number of nitrogens with one attached hydrogen (secondary N) is 4. The van der Waals surface area contributed by atoms with Gasteiger partial charge in [0, 0.05) is 94.0 Å². The average Bonchev–Trinajstić information content (AvgIpc) is 1.69. The number of sulfonamides is 2. The summed E-state index contributed by atoms with van der Waals surface area (Å²) in [5.74, 6) is -3.75. The van der Waals surface area contributed by atoms with Crippen LogP contribution in [0.4, 0.5) is 41.9 Å². The number of carbonyl (C=O) groups excluding carboxylic acids is 8. The standard InChI is InChI=1S/2C29H30Cl2N6O6S.H2O/c2*1-4-36(5-2)27(40)33-19-11-13-20(14-12-19)44(42,43)37-24-15-10-18(30)16-22(24)29(26(37)39,21-8-6-7-9-23(21)31)34-28(41)35(3)17-25(32)38;/h2*6-16H,4-5,17H2,1-3H3,(H2,32,38)(H,33,40)(H,34,41);1H2. The van der Waals surface area contributed by atoms with Crippen LogP contribution in [-0.2, 0) is 50.3 Å². The van der Waals surface area contributed by atoms with Gasteiger partial charge in [0.15, 0.2) is 11.1 Å². The second kappa shape index (κ2) is 28.2. The van der Waals surface area contributed by atoms with Gasteiger partial charge in [0.05, 0.1) is 21.2 Å². The lowest BCUT2D eigenvalue weighted by Crippen LogP contribution is -2.57. The molecule has 8 rings (SSSR count). The van der Waals surface area contributed by atoms with Crippen LogP contribution in [0, 0.1) is 0 Å². The van der Waals surface area contributed by atoms with Gasteiger partial charge >= 0.3 is 24.1 Å². The highest BCUT2D eigenvalue weighted by molar-refractivity contribution is 7.94. The predicted octanol–water partition coefficient (Wildman–Crippen LogP) is 7.12. The number of nitrogens with two attached hydrogens (primary N) is 2. The Labute approximate surface area is 533 Å². The molecule has 0 saturated carbocycles. The van der Waals surface area contributed by atoms with Gasteiger partial charge in [-0.05, 0) is 125 Å². The van der Waals surface area contributed by atoms with Crippen molar-refractivity contribution in [3.05, 3.63) is 176 Å². The smallest absolute Gasteiger partial charge is 0.321 e. The van der Waals surface area contributed by atoms with Crippen LogP contribution in [0.3, 0.4) is 0 Å². The van der Waals surface area contributed by atoms with E-state index in [1.54, 1.807) is 34.1 Å². The molecule has 0 bridgehead atoms. The molecule has 2 heterocycles. The molecule has 6 aromatic rings. The molecule has 2 unspecified atom stereocenters. The first kappa shape index (κ1) is 69.4. The molecule has 2 aliphatic heterocycles. The second-order valence-electron chi connectivity index (χ2n) is 19.7. The number of carbonyl (C=O) groups is 8. The summed E-state index contributed by atoms with van der Waals surface area (Å²) in [5, 5.41) is 11.1. The lowest BCUT2D eigenvalue weighted by Gasteiger charge is -2.32. The van der Waals surface area contributed by atoms with E-state index < -0.39 is 79.9 Å². The molecule has 25 nitrogen and oxygen atoms in total. The highest BCUT2D eigenvalue weighted by Gasteiger charge is 2.60. The van der Waals surface area contributed by atoms with E-state index in [0.717, 1.165) is 9.80 Å². The van der Waals surface area contributed by atoms with Crippen molar-refractivity contribution >= 4 is 137 Å². The summed E-state index contributed by atoms with van der Waals surface area (Å²) in [7, 11) is -6.66. The normalized spacial score (nSPS) is 15.7. The minimum absolute atomic E-state index is 0. The number of hydrogen-bond acceptors (Lipinski definition) is 12. The lowest BCUT2D eigenvalue weighted by atomic mass is 9.83. The number of likely N-dealkylation sites (N-methyl/N-ethyl adjacent to an activating group) is 2. The van der Waals surface area contributed by atoms with Gasteiger partial charge in [-0.1, -0.05) is 82.8 Å². The van der Waals surface area contributed by atoms with Crippen molar-refractivity contribution in [2.45, 2.75) is 48.6 Å². The summed E-state index contributed by atoms with van der Waals surface area (Å²) in [6.45, 7) is 8.29. The number of benzene rings is 6. The van der Waals surface area contributed by atoms with Crippen molar-refractivity contribution in [3.8, 4) is 0 Å². The Hall–Kier alpha value is -8.70. The molecule has 0 radical (unpaired) electrons. The van der Waals surface area contributed by atoms with Crippen LogP contribution in [0.2, 0.25) is 20.1 Å². The van der Waals surface area contributed by atoms with Crippen LogP contribution in [0.5, 0.6) is 0 Å². The molecule has 0 aliphatic carbocycles. The Morgan fingerprint density at radius 3 is 1.08 bits per heavy atom. The number of hydrogen-bond donors (Lipinski definition) is 6. The second-order valence-corrected chi connectivity index (χ2v) is 25.0. The summed E-state index contributed by atoms with van der Waals surface area (Å²) in [6, 6.07) is 28.6. The minimum Gasteiger partial charge on any atom is -0.412 e. The Kier molecular flexibility index (Phi) is 22.0. The van der Waals surface area contributed by atoms with Crippen molar-refractivity contribution in [2.24, 2.45) is 11.5 Å². The Morgan fingerprint density at radius 1 is 0.472 bits per heavy atom. The van der Waals surface area contributed by atoms with Crippen LogP contribution in [-0.4, -0.2) is 143 Å². The first-order valence-corrected chi connectivity index (χ1v) is 31.2. The molecule has 10 N–H and O–H groups in total. The van der Waals surface area contributed by atoms with Crippen molar-refractivity contribution < 1.29 is 60.7 Å². The molecule has 6 aromatic carbocycles. The van der Waals surface area contributed by atoms with Gasteiger partial charge in [0.2, 0.25) is 11.8 Å². The van der Waals surface area contributed by atoms with E-state index in [4.69, 9.17) is 57.9 Å². The number of primary amides is 2. The zero-order valence-electron chi connectivity index (χ0n) is 48.5. The summed E-state index contributed by atoms with van der Waals surface area (Å²) in [4.78, 5) is 108. The molecule has 0 aromatic heterocycles. The van der Waals surface area contributed by atoms with Gasteiger partial charge in [-0.15, -0.1) is 0 Å². The van der Waals surface area contributed by atoms with Gasteiger partial charge < -0.3 is 57.8 Å². The molecule has 2 aliphatic rings. The molecule has 0 spiro atoms. The fourth-order valence-electron chi connectivity index (χ4n) is 9.81. The number of amides is 12. The fraction of sp³-hybridized carbons (Fsp3) is 0.241. The van der Waals surface area contributed by atoms with Crippen LogP contribution in [0.15, 0.2) is 143 Å². The van der Waals surface area contributed by atoms with Crippen LogP contribution < -0.4 is 41.3 Å². The maximum Gasteiger partial charge on any atom is 0.321 e. The molecular weight excluding hydrogens is 1280 g/mol. The molecule has 2 atom stereocenters. The van der Waals surface area contributed by atoms with E-state index >= 15 is 0 Å². The molecule has 472 valence electrons. The van der Waals surface area contributed by atoms with Gasteiger partial charge in [-0.3, -0.25) is 19.2 Å². The van der Waals surface area contributed by atoms with Crippen molar-refractivity contribution in [1.82, 2.24) is 30.2 Å². The Bertz CT molecular complexity index is 3720. The van der Waals surface area contributed by atoms with Crippen molar-refractivity contribution in [3.63, 3.8) is 0 Å². The van der Waals surface area contributed by atoms with Crippen molar-refractivity contribution in [1.29, 1.82) is 0 Å². The number of fused-ring (bicyclic) bond motifs is 2. The molecule has 0 saturated heterocycles. The monoisotopic (exact) mass is 1340 g/mol. The third kappa shape index (κ3) is 13.8. The zero-order chi connectivity index (χ0) is 64.8. The zero-order valence-corrected chi connectivity index (χ0v) is 53.2. The van der Waals surface area contributed by atoms with E-state index in [2.05, 4.69) is 21.3 Å².